The topological polar surface area (TPSA) is 41.9 Å². The number of benzene rings is 1. The van der Waals surface area contributed by atoms with E-state index in [9.17, 15) is 5.11 Å². The van der Waals surface area contributed by atoms with Crippen molar-refractivity contribution in [3.63, 3.8) is 0 Å². The highest BCUT2D eigenvalue weighted by Crippen LogP contribution is 2.28. The molecule has 1 atom stereocenters. The molecular weight excluding hydrogens is 278 g/mol. The molecule has 22 heavy (non-hydrogen) atoms. The van der Waals surface area contributed by atoms with Crippen molar-refractivity contribution in [2.75, 3.05) is 27.3 Å². The Hall–Kier alpha value is -1.26. The summed E-state index contributed by atoms with van der Waals surface area (Å²) in [4.78, 5) is 2.31. The summed E-state index contributed by atoms with van der Waals surface area (Å²) in [5, 5.41) is 9.97. The molecule has 0 heterocycles. The Kier molecular flexibility index (Phi) is 8.28. The van der Waals surface area contributed by atoms with Gasteiger partial charge in [0.25, 0.3) is 0 Å². The van der Waals surface area contributed by atoms with Crippen LogP contribution in [0.25, 0.3) is 0 Å². The van der Waals surface area contributed by atoms with Gasteiger partial charge >= 0.3 is 0 Å². The second-order valence-corrected chi connectivity index (χ2v) is 6.17. The van der Waals surface area contributed by atoms with E-state index in [4.69, 9.17) is 9.47 Å². The van der Waals surface area contributed by atoms with E-state index in [1.165, 1.54) is 5.56 Å². The number of aliphatic hydroxyl groups is 1. The zero-order valence-corrected chi connectivity index (χ0v) is 14.6. The van der Waals surface area contributed by atoms with Crippen LogP contribution in [0.15, 0.2) is 18.2 Å². The van der Waals surface area contributed by atoms with Crippen LogP contribution in [0, 0.1) is 5.92 Å². The monoisotopic (exact) mass is 309 g/mol. The van der Waals surface area contributed by atoms with Crippen LogP contribution in [0.2, 0.25) is 0 Å². The molecule has 0 fully saturated rings. The lowest BCUT2D eigenvalue weighted by Gasteiger charge is -2.26. The lowest BCUT2D eigenvalue weighted by molar-refractivity contribution is 0.102. The number of hydrogen-bond acceptors (Lipinski definition) is 4. The molecule has 0 saturated carbocycles. The fraction of sp³-hybridized carbons (Fsp3) is 0.667. The van der Waals surface area contributed by atoms with Crippen molar-refractivity contribution in [1.29, 1.82) is 0 Å². The van der Waals surface area contributed by atoms with Crippen LogP contribution in [0.4, 0.5) is 0 Å². The molecule has 0 aromatic heterocycles. The minimum atomic E-state index is -0.271. The maximum Gasteiger partial charge on any atom is 0.161 e. The molecule has 126 valence electrons. The van der Waals surface area contributed by atoms with Crippen LogP contribution in [-0.2, 0) is 6.54 Å². The lowest BCUT2D eigenvalue weighted by Crippen LogP contribution is -2.33. The normalized spacial score (nSPS) is 12.7. The Morgan fingerprint density at radius 1 is 1.14 bits per heavy atom. The van der Waals surface area contributed by atoms with Crippen molar-refractivity contribution in [2.45, 2.75) is 46.3 Å². The first-order valence-electron chi connectivity index (χ1n) is 8.11. The van der Waals surface area contributed by atoms with Crippen molar-refractivity contribution in [3.05, 3.63) is 23.8 Å². The van der Waals surface area contributed by atoms with Gasteiger partial charge in [-0.3, -0.25) is 4.90 Å². The second-order valence-electron chi connectivity index (χ2n) is 6.17. The zero-order valence-electron chi connectivity index (χ0n) is 14.6. The highest BCUT2D eigenvalue weighted by Gasteiger charge is 2.13. The molecule has 0 bridgehead atoms. The van der Waals surface area contributed by atoms with E-state index in [0.717, 1.165) is 37.4 Å². The van der Waals surface area contributed by atoms with Gasteiger partial charge in [-0.15, -0.1) is 0 Å². The van der Waals surface area contributed by atoms with Crippen LogP contribution in [0.3, 0.4) is 0 Å². The Morgan fingerprint density at radius 2 is 1.82 bits per heavy atom. The van der Waals surface area contributed by atoms with Gasteiger partial charge in [0.2, 0.25) is 0 Å². The van der Waals surface area contributed by atoms with E-state index in [2.05, 4.69) is 24.8 Å². The third-order valence-corrected chi connectivity index (χ3v) is 3.82. The van der Waals surface area contributed by atoms with Gasteiger partial charge in [0.05, 0.1) is 20.3 Å². The molecular formula is C18H31NO3. The minimum Gasteiger partial charge on any atom is -0.493 e. The SMILES string of the molecule is CC[C@@H](O)CN(CCC(C)C)Cc1ccc(OC)c(OC)c1. The number of rotatable bonds is 10. The van der Waals surface area contributed by atoms with E-state index in [1.54, 1.807) is 14.2 Å². The molecule has 0 aliphatic rings. The van der Waals surface area contributed by atoms with Gasteiger partial charge in [0.15, 0.2) is 11.5 Å². The number of nitrogens with zero attached hydrogens (tertiary/aromatic N) is 1. The van der Waals surface area contributed by atoms with E-state index in [-0.39, 0.29) is 6.10 Å². The molecule has 0 amide bonds. The Balaban J connectivity index is 2.78. The third-order valence-electron chi connectivity index (χ3n) is 3.82. The second kappa shape index (κ2) is 9.70. The largest absolute Gasteiger partial charge is 0.493 e. The van der Waals surface area contributed by atoms with Crippen molar-refractivity contribution < 1.29 is 14.6 Å². The summed E-state index contributed by atoms with van der Waals surface area (Å²) < 4.78 is 10.6. The van der Waals surface area contributed by atoms with E-state index < -0.39 is 0 Å². The predicted molar refractivity (Wildman–Crippen MR) is 90.6 cm³/mol. The third kappa shape index (κ3) is 6.24. The first-order chi connectivity index (χ1) is 10.5. The molecule has 0 aliphatic heterocycles. The van der Waals surface area contributed by atoms with E-state index >= 15 is 0 Å². The van der Waals surface area contributed by atoms with Crippen LogP contribution in [0.1, 0.15) is 39.2 Å². The maximum absolute atomic E-state index is 9.97. The zero-order chi connectivity index (χ0) is 16.5. The molecule has 0 aliphatic carbocycles. The molecule has 0 spiro atoms. The molecule has 1 rings (SSSR count). The standard InChI is InChI=1S/C18H31NO3/c1-6-16(20)13-19(10-9-14(2)3)12-15-7-8-17(21-4)18(11-15)22-5/h7-8,11,14,16,20H,6,9-10,12-13H2,1-5H3/t16-/m1/s1. The fourth-order valence-corrected chi connectivity index (χ4v) is 2.34. The average Bonchev–Trinajstić information content (AvgIpc) is 2.52. The van der Waals surface area contributed by atoms with Crippen LogP contribution >= 0.6 is 0 Å². The van der Waals surface area contributed by atoms with Crippen molar-refractivity contribution >= 4 is 0 Å². The molecule has 0 unspecified atom stereocenters. The molecule has 1 aromatic rings. The summed E-state index contributed by atoms with van der Waals surface area (Å²) in [5.74, 6) is 2.15. The first kappa shape index (κ1) is 18.8. The van der Waals surface area contributed by atoms with Crippen LogP contribution in [-0.4, -0.2) is 43.4 Å². The fourth-order valence-electron chi connectivity index (χ4n) is 2.34. The highest BCUT2D eigenvalue weighted by molar-refractivity contribution is 5.42. The number of methoxy groups -OCH3 is 2. The van der Waals surface area contributed by atoms with Gasteiger partial charge in [-0.2, -0.15) is 0 Å². The summed E-state index contributed by atoms with van der Waals surface area (Å²) in [6.45, 7) is 8.97. The van der Waals surface area contributed by atoms with Gasteiger partial charge in [-0.25, -0.2) is 0 Å². The summed E-state index contributed by atoms with van der Waals surface area (Å²) in [6.07, 6.45) is 1.64. The Bertz CT molecular complexity index is 434. The van der Waals surface area contributed by atoms with Gasteiger partial charge < -0.3 is 14.6 Å². The summed E-state index contributed by atoms with van der Waals surface area (Å²) in [7, 11) is 3.29. The molecule has 0 radical (unpaired) electrons. The highest BCUT2D eigenvalue weighted by atomic mass is 16.5. The van der Waals surface area contributed by atoms with Crippen LogP contribution in [0.5, 0.6) is 11.5 Å². The quantitative estimate of drug-likeness (QED) is 0.720. The molecule has 4 nitrogen and oxygen atoms in total. The Labute approximate surface area is 135 Å². The summed E-state index contributed by atoms with van der Waals surface area (Å²) in [6, 6.07) is 6.01. The summed E-state index contributed by atoms with van der Waals surface area (Å²) in [5.41, 5.74) is 1.17. The average molecular weight is 309 g/mol. The molecule has 4 heteroatoms. The van der Waals surface area contributed by atoms with Crippen molar-refractivity contribution in [2.24, 2.45) is 5.92 Å². The smallest absolute Gasteiger partial charge is 0.161 e. The molecule has 1 aromatic carbocycles. The number of ether oxygens (including phenoxy) is 2. The van der Waals surface area contributed by atoms with Gasteiger partial charge in [-0.1, -0.05) is 26.8 Å². The molecule has 1 N–H and O–H groups in total. The maximum atomic E-state index is 9.97. The number of hydrogen-bond donors (Lipinski definition) is 1. The number of aliphatic hydroxyl groups excluding tert-OH is 1. The lowest BCUT2D eigenvalue weighted by atomic mass is 10.1. The van der Waals surface area contributed by atoms with Crippen molar-refractivity contribution in [3.8, 4) is 11.5 Å². The Morgan fingerprint density at radius 3 is 2.36 bits per heavy atom. The summed E-state index contributed by atoms with van der Waals surface area (Å²) >= 11 is 0. The van der Waals surface area contributed by atoms with Gasteiger partial charge in [0, 0.05) is 13.1 Å². The van der Waals surface area contributed by atoms with Gasteiger partial charge in [-0.05, 0) is 43.0 Å². The molecule has 0 saturated heterocycles. The van der Waals surface area contributed by atoms with E-state index in [1.807, 2.05) is 19.1 Å². The minimum absolute atomic E-state index is 0.271. The van der Waals surface area contributed by atoms with Crippen molar-refractivity contribution in [1.82, 2.24) is 4.90 Å². The van der Waals surface area contributed by atoms with Crippen LogP contribution < -0.4 is 9.47 Å². The van der Waals surface area contributed by atoms with E-state index in [0.29, 0.717) is 12.5 Å². The van der Waals surface area contributed by atoms with Gasteiger partial charge in [0.1, 0.15) is 0 Å². The first-order valence-corrected chi connectivity index (χ1v) is 8.11. The predicted octanol–water partition coefficient (Wildman–Crippen LogP) is 3.32.